The standard InChI is InChI=1S/C4H7N5/c5-3-4(6)9(7)2-1-8-3/h1-2,6H,7H2,(H2,5,8)/p+1. The smallest absolute Gasteiger partial charge is 0.338 e. The number of rotatable bonds is 0. The van der Waals surface area contributed by atoms with Gasteiger partial charge in [0.25, 0.3) is 0 Å². The number of nitrogen functional groups attached to an aromatic ring is 3. The van der Waals surface area contributed by atoms with Crippen LogP contribution in [0.1, 0.15) is 0 Å². The van der Waals surface area contributed by atoms with Crippen molar-refractivity contribution < 1.29 is 4.68 Å². The van der Waals surface area contributed by atoms with E-state index < -0.39 is 0 Å². The zero-order valence-electron chi connectivity index (χ0n) is 4.78. The molecule has 0 amide bonds. The van der Waals surface area contributed by atoms with Crippen LogP contribution in [0.25, 0.3) is 0 Å². The number of nitrogens with two attached hydrogens (primary N) is 3. The van der Waals surface area contributed by atoms with Gasteiger partial charge < -0.3 is 5.73 Å². The van der Waals surface area contributed by atoms with Crippen LogP contribution in [0.3, 0.4) is 0 Å². The highest BCUT2D eigenvalue weighted by atomic mass is 15.3. The Morgan fingerprint density at radius 3 is 2.56 bits per heavy atom. The highest BCUT2D eigenvalue weighted by Crippen LogP contribution is 1.98. The van der Waals surface area contributed by atoms with Crippen LogP contribution in [0.2, 0.25) is 0 Å². The molecule has 5 heteroatoms. The highest BCUT2D eigenvalue weighted by molar-refractivity contribution is 5.46. The molecule has 0 saturated carbocycles. The van der Waals surface area contributed by atoms with Crippen molar-refractivity contribution >= 4 is 11.6 Å². The quantitative estimate of drug-likeness (QED) is 0.283. The van der Waals surface area contributed by atoms with Crippen LogP contribution in [0.5, 0.6) is 0 Å². The lowest BCUT2D eigenvalue weighted by Crippen LogP contribution is -2.47. The van der Waals surface area contributed by atoms with Gasteiger partial charge in [-0.15, -0.1) is 4.68 Å². The SMILES string of the molecule is Nc1ncc[n+](N)c1N. The predicted octanol–water partition coefficient (Wildman–Crippen LogP) is -1.75. The van der Waals surface area contributed by atoms with E-state index in [1.54, 1.807) is 0 Å². The zero-order chi connectivity index (χ0) is 6.85. The molecule has 1 heterocycles. The lowest BCUT2D eigenvalue weighted by Gasteiger charge is -1.94. The van der Waals surface area contributed by atoms with Crippen molar-refractivity contribution in [2.24, 2.45) is 0 Å². The maximum atomic E-state index is 5.33. The predicted molar refractivity (Wildman–Crippen MR) is 33.4 cm³/mol. The largest absolute Gasteiger partial charge is 0.377 e. The molecule has 0 radical (unpaired) electrons. The van der Waals surface area contributed by atoms with E-state index >= 15 is 0 Å². The minimum atomic E-state index is 0.250. The Kier molecular flexibility index (Phi) is 1.11. The maximum Gasteiger partial charge on any atom is 0.338 e. The molecule has 6 N–H and O–H groups in total. The number of anilines is 2. The average molecular weight is 126 g/mol. The molecular weight excluding hydrogens is 118 g/mol. The Hall–Kier alpha value is -1.52. The first-order valence-electron chi connectivity index (χ1n) is 2.38. The third kappa shape index (κ3) is 0.835. The van der Waals surface area contributed by atoms with E-state index in [-0.39, 0.29) is 11.6 Å². The number of hydrogen-bond donors (Lipinski definition) is 3. The molecule has 0 fully saturated rings. The first-order chi connectivity index (χ1) is 4.22. The van der Waals surface area contributed by atoms with Gasteiger partial charge in [-0.2, -0.15) is 0 Å². The van der Waals surface area contributed by atoms with Gasteiger partial charge in [-0.3, -0.25) is 11.6 Å². The minimum absolute atomic E-state index is 0.250. The summed E-state index contributed by atoms with van der Waals surface area (Å²) in [4.78, 5) is 3.69. The van der Waals surface area contributed by atoms with E-state index in [1.165, 1.54) is 17.1 Å². The summed E-state index contributed by atoms with van der Waals surface area (Å²) < 4.78 is 1.21. The van der Waals surface area contributed by atoms with Gasteiger partial charge in [0, 0.05) is 0 Å². The van der Waals surface area contributed by atoms with Gasteiger partial charge >= 0.3 is 5.82 Å². The lowest BCUT2D eigenvalue weighted by molar-refractivity contribution is -0.623. The minimum Gasteiger partial charge on any atom is -0.377 e. The van der Waals surface area contributed by atoms with Crippen molar-refractivity contribution in [1.82, 2.24) is 4.98 Å². The van der Waals surface area contributed by atoms with Crippen LogP contribution in [-0.4, -0.2) is 4.98 Å². The Morgan fingerprint density at radius 1 is 1.44 bits per heavy atom. The van der Waals surface area contributed by atoms with Crippen molar-refractivity contribution in [2.45, 2.75) is 0 Å². The lowest BCUT2D eigenvalue weighted by atomic mass is 10.6. The van der Waals surface area contributed by atoms with E-state index in [9.17, 15) is 0 Å². The van der Waals surface area contributed by atoms with Gasteiger partial charge in [-0.1, -0.05) is 0 Å². The van der Waals surface area contributed by atoms with E-state index in [1.807, 2.05) is 0 Å². The molecule has 0 atom stereocenters. The molecule has 0 spiro atoms. The highest BCUT2D eigenvalue weighted by Gasteiger charge is 2.03. The summed E-state index contributed by atoms with van der Waals surface area (Å²) in [6.07, 6.45) is 3.00. The monoisotopic (exact) mass is 126 g/mol. The van der Waals surface area contributed by atoms with Crippen LogP contribution in [0.15, 0.2) is 12.4 Å². The summed E-state index contributed by atoms with van der Waals surface area (Å²) in [7, 11) is 0. The Bertz CT molecular complexity index is 200. The van der Waals surface area contributed by atoms with Crippen LogP contribution >= 0.6 is 0 Å². The van der Waals surface area contributed by atoms with Gasteiger partial charge in [0.15, 0.2) is 0 Å². The van der Waals surface area contributed by atoms with Gasteiger partial charge in [-0.25, -0.2) is 4.98 Å². The fraction of sp³-hybridized carbons (Fsp3) is 0. The molecule has 0 aliphatic carbocycles. The molecule has 0 aliphatic heterocycles. The van der Waals surface area contributed by atoms with Crippen molar-refractivity contribution in [3.8, 4) is 0 Å². The van der Waals surface area contributed by atoms with E-state index in [0.717, 1.165) is 0 Å². The summed E-state index contributed by atoms with van der Waals surface area (Å²) in [6, 6.07) is 0. The fourth-order valence-electron chi connectivity index (χ4n) is 0.464. The molecule has 0 bridgehead atoms. The Labute approximate surface area is 52.1 Å². The molecule has 0 unspecified atom stereocenters. The average Bonchev–Trinajstić information content (AvgIpc) is 1.83. The Balaban J connectivity index is 3.25. The van der Waals surface area contributed by atoms with Crippen molar-refractivity contribution in [1.29, 1.82) is 0 Å². The summed E-state index contributed by atoms with van der Waals surface area (Å²) >= 11 is 0. The van der Waals surface area contributed by atoms with E-state index in [4.69, 9.17) is 17.3 Å². The molecule has 48 valence electrons. The summed E-state index contributed by atoms with van der Waals surface area (Å²) in [5.41, 5.74) is 10.6. The van der Waals surface area contributed by atoms with Crippen LogP contribution in [-0.2, 0) is 0 Å². The number of hydrogen-bond acceptors (Lipinski definition) is 4. The summed E-state index contributed by atoms with van der Waals surface area (Å²) in [5.74, 6) is 5.82. The van der Waals surface area contributed by atoms with Crippen molar-refractivity contribution in [3.05, 3.63) is 12.4 Å². The molecule has 0 saturated heterocycles. The first-order valence-corrected chi connectivity index (χ1v) is 2.38. The molecule has 5 nitrogen and oxygen atoms in total. The van der Waals surface area contributed by atoms with Crippen molar-refractivity contribution in [3.63, 3.8) is 0 Å². The fourth-order valence-corrected chi connectivity index (χ4v) is 0.464. The Morgan fingerprint density at radius 2 is 2.11 bits per heavy atom. The second kappa shape index (κ2) is 1.77. The van der Waals surface area contributed by atoms with Gasteiger partial charge in [0.1, 0.15) is 6.20 Å². The van der Waals surface area contributed by atoms with E-state index in [0.29, 0.717) is 0 Å². The third-order valence-electron chi connectivity index (χ3n) is 0.981. The van der Waals surface area contributed by atoms with Gasteiger partial charge in [-0.05, 0) is 0 Å². The number of aromatic nitrogens is 2. The van der Waals surface area contributed by atoms with Crippen molar-refractivity contribution in [2.75, 3.05) is 17.3 Å². The molecular formula is C4H8N5+. The van der Waals surface area contributed by atoms with Crippen LogP contribution in [0, 0.1) is 0 Å². The van der Waals surface area contributed by atoms with Gasteiger partial charge in [0.05, 0.1) is 6.20 Å². The third-order valence-corrected chi connectivity index (χ3v) is 0.981. The molecule has 1 aromatic heterocycles. The summed E-state index contributed by atoms with van der Waals surface area (Å²) in [6.45, 7) is 0. The number of nitrogens with zero attached hydrogens (tertiary/aromatic N) is 2. The second-order valence-electron chi connectivity index (χ2n) is 1.60. The van der Waals surface area contributed by atoms with Crippen LogP contribution in [0.4, 0.5) is 11.6 Å². The second-order valence-corrected chi connectivity index (χ2v) is 1.60. The molecule has 0 aromatic carbocycles. The normalized spacial score (nSPS) is 9.33. The first kappa shape index (κ1) is 5.61. The molecule has 1 aromatic rings. The van der Waals surface area contributed by atoms with E-state index in [2.05, 4.69) is 4.98 Å². The topological polar surface area (TPSA) is 94.8 Å². The molecule has 9 heavy (non-hydrogen) atoms. The van der Waals surface area contributed by atoms with Gasteiger partial charge in [0.2, 0.25) is 5.82 Å². The zero-order valence-corrected chi connectivity index (χ0v) is 4.78. The maximum absolute atomic E-state index is 5.33. The molecule has 0 aliphatic rings. The molecule has 1 rings (SSSR count). The van der Waals surface area contributed by atoms with Crippen LogP contribution < -0.4 is 22.0 Å². The summed E-state index contributed by atoms with van der Waals surface area (Å²) in [5, 5.41) is 0.